The van der Waals surface area contributed by atoms with E-state index in [0.717, 1.165) is 33.9 Å². The Morgan fingerprint density at radius 2 is 1.00 bits per heavy atom. The predicted molar refractivity (Wildman–Crippen MR) is 203 cm³/mol. The number of fused-ring (bicyclic) bond motifs is 5. The Kier molecular flexibility index (Phi) is 7.31. The minimum Gasteiger partial charge on any atom is -0.228 e. The molecule has 2 aliphatic carbocycles. The first-order valence-corrected chi connectivity index (χ1v) is 17.6. The van der Waals surface area contributed by atoms with E-state index < -0.39 is 0 Å². The highest BCUT2D eigenvalue weighted by molar-refractivity contribution is 5.86. The lowest BCUT2D eigenvalue weighted by atomic mass is 9.68. The minimum absolute atomic E-state index is 0.184. The van der Waals surface area contributed by atoms with Crippen LogP contribution in [0.4, 0.5) is 0 Å². The Bertz CT molecular complexity index is 2260. The molecule has 2 nitrogen and oxygen atoms in total. The third-order valence-corrected chi connectivity index (χ3v) is 10.8. The molecule has 2 aliphatic rings. The number of aryl methyl sites for hydroxylation is 1. The van der Waals surface area contributed by atoms with E-state index in [9.17, 15) is 0 Å². The molecule has 0 unspecified atom stereocenters. The van der Waals surface area contributed by atoms with Crippen LogP contribution < -0.4 is 0 Å². The molecule has 2 heteroatoms. The van der Waals surface area contributed by atoms with Crippen LogP contribution in [0.25, 0.3) is 67.3 Å². The molecular weight excluding hydrogens is 593 g/mol. The summed E-state index contributed by atoms with van der Waals surface area (Å²) in [4.78, 5) is 10.1. The molecule has 7 aromatic rings. The third-order valence-electron chi connectivity index (χ3n) is 10.8. The van der Waals surface area contributed by atoms with Gasteiger partial charge < -0.3 is 0 Å². The van der Waals surface area contributed by atoms with Gasteiger partial charge in [-0.15, -0.1) is 0 Å². The van der Waals surface area contributed by atoms with Crippen LogP contribution in [0.1, 0.15) is 48.8 Å². The number of nitrogens with zero attached hydrogens (tertiary/aromatic N) is 2. The predicted octanol–water partition coefficient (Wildman–Crippen LogP) is 12.4. The zero-order chi connectivity index (χ0) is 32.8. The second kappa shape index (κ2) is 12.1. The van der Waals surface area contributed by atoms with Crippen molar-refractivity contribution in [1.29, 1.82) is 0 Å². The average Bonchev–Trinajstić information content (AvgIpc) is 3.44. The van der Waals surface area contributed by atoms with Gasteiger partial charge in [-0.3, -0.25) is 0 Å². The van der Waals surface area contributed by atoms with E-state index in [4.69, 9.17) is 9.97 Å². The zero-order valence-corrected chi connectivity index (χ0v) is 27.9. The smallest absolute Gasteiger partial charge is 0.160 e. The number of rotatable bonds is 5. The van der Waals surface area contributed by atoms with Crippen LogP contribution in [0.5, 0.6) is 0 Å². The highest BCUT2D eigenvalue weighted by atomic mass is 14.9. The summed E-state index contributed by atoms with van der Waals surface area (Å²) in [6, 6.07) is 54.9. The van der Waals surface area contributed by atoms with Crippen LogP contribution in [0.2, 0.25) is 0 Å². The SMILES string of the molecule is Cc1ccc(-c2ccc3c(c2)-c2ccccc2C32CCCCC2)cc1-c1cccc(-c2cc(-c3ccccc3)nc(-c3ccccc3)n2)c1. The second-order valence-corrected chi connectivity index (χ2v) is 13.8. The summed E-state index contributed by atoms with van der Waals surface area (Å²) in [7, 11) is 0. The van der Waals surface area contributed by atoms with E-state index in [1.54, 1.807) is 5.56 Å². The van der Waals surface area contributed by atoms with Crippen LogP contribution in [-0.2, 0) is 5.41 Å². The number of hydrogen-bond acceptors (Lipinski definition) is 2. The second-order valence-electron chi connectivity index (χ2n) is 13.8. The highest BCUT2D eigenvalue weighted by Crippen LogP contribution is 2.56. The maximum Gasteiger partial charge on any atom is 0.160 e. The number of hydrogen-bond donors (Lipinski definition) is 0. The van der Waals surface area contributed by atoms with E-state index in [-0.39, 0.29) is 5.41 Å². The van der Waals surface area contributed by atoms with Crippen molar-refractivity contribution in [2.75, 3.05) is 0 Å². The Morgan fingerprint density at radius 1 is 0.408 bits per heavy atom. The fourth-order valence-corrected chi connectivity index (χ4v) is 8.37. The zero-order valence-electron chi connectivity index (χ0n) is 27.9. The van der Waals surface area contributed by atoms with Crippen molar-refractivity contribution in [3.63, 3.8) is 0 Å². The minimum atomic E-state index is 0.184. The standard InChI is InChI=1S/C47H38N2/c1-32-22-23-35(36-24-25-43-41(30-36)39-20-9-10-21-42(39)47(43)26-11-4-12-27-47)29-40(32)37-18-13-19-38(28-37)45-31-44(33-14-5-2-6-15-33)48-46(49-45)34-16-7-3-8-17-34/h2-3,5-10,13-25,28-31H,4,11-12,26-27H2,1H3. The summed E-state index contributed by atoms with van der Waals surface area (Å²) in [6.45, 7) is 2.21. The lowest BCUT2D eigenvalue weighted by Crippen LogP contribution is -2.27. The van der Waals surface area contributed by atoms with E-state index in [0.29, 0.717) is 0 Å². The van der Waals surface area contributed by atoms with Gasteiger partial charge in [0.25, 0.3) is 0 Å². The molecule has 1 spiro atoms. The van der Waals surface area contributed by atoms with Crippen molar-refractivity contribution in [3.8, 4) is 67.3 Å². The van der Waals surface area contributed by atoms with Gasteiger partial charge in [-0.05, 0) is 94.1 Å². The van der Waals surface area contributed by atoms with Gasteiger partial charge in [-0.1, -0.05) is 147 Å². The molecular formula is C47H38N2. The molecule has 1 heterocycles. The van der Waals surface area contributed by atoms with Gasteiger partial charge in [-0.25, -0.2) is 9.97 Å². The number of aromatic nitrogens is 2. The fourth-order valence-electron chi connectivity index (χ4n) is 8.37. The van der Waals surface area contributed by atoms with Crippen molar-refractivity contribution >= 4 is 0 Å². The molecule has 49 heavy (non-hydrogen) atoms. The molecule has 0 aliphatic heterocycles. The summed E-state index contributed by atoms with van der Waals surface area (Å²) < 4.78 is 0. The molecule has 1 aromatic heterocycles. The lowest BCUT2D eigenvalue weighted by Gasteiger charge is -2.36. The third kappa shape index (κ3) is 5.20. The molecule has 0 bridgehead atoms. The van der Waals surface area contributed by atoms with Crippen molar-refractivity contribution in [2.45, 2.75) is 44.4 Å². The van der Waals surface area contributed by atoms with E-state index in [1.165, 1.54) is 76.6 Å². The van der Waals surface area contributed by atoms with Gasteiger partial charge in [0, 0.05) is 22.1 Å². The Morgan fingerprint density at radius 3 is 1.78 bits per heavy atom. The van der Waals surface area contributed by atoms with Gasteiger partial charge in [-0.2, -0.15) is 0 Å². The topological polar surface area (TPSA) is 25.8 Å². The maximum absolute atomic E-state index is 5.10. The summed E-state index contributed by atoms with van der Waals surface area (Å²) >= 11 is 0. The summed E-state index contributed by atoms with van der Waals surface area (Å²) in [6.07, 6.45) is 6.49. The molecule has 0 N–H and O–H groups in total. The van der Waals surface area contributed by atoms with Crippen molar-refractivity contribution in [2.24, 2.45) is 0 Å². The van der Waals surface area contributed by atoms with Crippen LogP contribution in [-0.4, -0.2) is 9.97 Å². The Hall–Kier alpha value is -5.60. The van der Waals surface area contributed by atoms with E-state index in [2.05, 4.69) is 134 Å². The molecule has 0 atom stereocenters. The lowest BCUT2D eigenvalue weighted by molar-refractivity contribution is 0.353. The maximum atomic E-state index is 5.10. The summed E-state index contributed by atoms with van der Waals surface area (Å²) in [5.41, 5.74) is 17.3. The largest absolute Gasteiger partial charge is 0.228 e. The summed E-state index contributed by atoms with van der Waals surface area (Å²) in [5, 5.41) is 0. The van der Waals surface area contributed by atoms with E-state index >= 15 is 0 Å². The molecule has 1 fully saturated rings. The molecule has 236 valence electrons. The van der Waals surface area contributed by atoms with Crippen molar-refractivity contribution in [1.82, 2.24) is 9.97 Å². The van der Waals surface area contributed by atoms with Gasteiger partial charge in [0.05, 0.1) is 11.4 Å². The molecule has 6 aromatic carbocycles. The quantitative estimate of drug-likeness (QED) is 0.189. The monoisotopic (exact) mass is 630 g/mol. The highest BCUT2D eigenvalue weighted by Gasteiger charge is 2.43. The van der Waals surface area contributed by atoms with Crippen LogP contribution in [0.3, 0.4) is 0 Å². The van der Waals surface area contributed by atoms with Gasteiger partial charge in [0.15, 0.2) is 5.82 Å². The van der Waals surface area contributed by atoms with Crippen molar-refractivity contribution < 1.29 is 0 Å². The Balaban J connectivity index is 1.12. The first-order chi connectivity index (χ1) is 24.2. The van der Waals surface area contributed by atoms with E-state index in [1.807, 2.05) is 24.3 Å². The average molecular weight is 631 g/mol. The number of benzene rings is 6. The first kappa shape index (κ1) is 29.5. The van der Waals surface area contributed by atoms with Gasteiger partial charge >= 0.3 is 0 Å². The summed E-state index contributed by atoms with van der Waals surface area (Å²) in [5.74, 6) is 0.730. The van der Waals surface area contributed by atoms with Gasteiger partial charge in [0.2, 0.25) is 0 Å². The van der Waals surface area contributed by atoms with Crippen LogP contribution >= 0.6 is 0 Å². The Labute approximate surface area is 289 Å². The molecule has 0 amide bonds. The van der Waals surface area contributed by atoms with Crippen molar-refractivity contribution in [3.05, 3.63) is 168 Å². The van der Waals surface area contributed by atoms with Gasteiger partial charge in [0.1, 0.15) is 0 Å². The van der Waals surface area contributed by atoms with Crippen LogP contribution in [0, 0.1) is 6.92 Å². The molecule has 0 saturated heterocycles. The fraction of sp³-hybridized carbons (Fsp3) is 0.149. The first-order valence-electron chi connectivity index (χ1n) is 17.6. The molecule has 0 radical (unpaired) electrons. The molecule has 9 rings (SSSR count). The normalized spacial score (nSPS) is 14.4. The molecule has 1 saturated carbocycles. The van der Waals surface area contributed by atoms with Crippen LogP contribution in [0.15, 0.2) is 152 Å².